The van der Waals surface area contributed by atoms with Crippen molar-refractivity contribution in [3.8, 4) is 0 Å². The summed E-state index contributed by atoms with van der Waals surface area (Å²) < 4.78 is 5.98. The Bertz CT molecular complexity index is 717. The van der Waals surface area contributed by atoms with E-state index in [4.69, 9.17) is 19.3 Å². The number of rotatable bonds is 19. The van der Waals surface area contributed by atoms with E-state index in [1.807, 2.05) is 0 Å². The number of esters is 1. The number of hydroxylamine groups is 2. The molecule has 0 aromatic rings. The van der Waals surface area contributed by atoms with Crippen molar-refractivity contribution in [3.63, 3.8) is 0 Å². The zero-order chi connectivity index (χ0) is 30.6. The van der Waals surface area contributed by atoms with Gasteiger partial charge < -0.3 is 10.1 Å². The lowest BCUT2D eigenvalue weighted by atomic mass is 9.80. The second-order valence-electron chi connectivity index (χ2n) is 15.4. The molecule has 0 radical (unpaired) electrons. The van der Waals surface area contributed by atoms with Crippen LogP contribution in [0.25, 0.3) is 0 Å². The fourth-order valence-corrected chi connectivity index (χ4v) is 7.29. The molecule has 2 aliphatic rings. The van der Waals surface area contributed by atoms with E-state index in [0.717, 1.165) is 70.8 Å². The van der Waals surface area contributed by atoms with Crippen LogP contribution < -0.4 is 5.32 Å². The van der Waals surface area contributed by atoms with Crippen LogP contribution in [-0.4, -0.2) is 58.6 Å². The Morgan fingerprint density at radius 2 is 1.20 bits per heavy atom. The smallest absolute Gasteiger partial charge is 0.306 e. The number of carbonyl (C=O) groups excluding carboxylic acids is 1. The van der Waals surface area contributed by atoms with Gasteiger partial charge in [-0.2, -0.15) is 5.06 Å². The lowest BCUT2D eigenvalue weighted by Gasteiger charge is -2.53. The number of nitrogens with one attached hydrogen (secondary N) is 1. The Morgan fingerprint density at radius 1 is 0.683 bits per heavy atom. The molecule has 0 aliphatic carbocycles. The summed E-state index contributed by atoms with van der Waals surface area (Å²) >= 11 is 0. The van der Waals surface area contributed by atoms with Gasteiger partial charge in [-0.1, -0.05) is 58.3 Å². The molecule has 0 spiro atoms. The highest BCUT2D eigenvalue weighted by Crippen LogP contribution is 2.40. The minimum atomic E-state index is -0.180. The normalized spacial score (nSPS) is 22.6. The largest absolute Gasteiger partial charge is 0.462 e. The van der Waals surface area contributed by atoms with Gasteiger partial charge in [0.1, 0.15) is 6.10 Å². The van der Waals surface area contributed by atoms with Crippen molar-refractivity contribution in [2.24, 2.45) is 0 Å². The number of unbranched alkanes of at least 4 members (excludes halogenated alkanes) is 9. The summed E-state index contributed by atoms with van der Waals surface area (Å²) in [5.74, 6) is -0.0624. The first-order valence-electron chi connectivity index (χ1n) is 16.9. The molecular weight excluding hydrogens is 516 g/mol. The molecule has 2 fully saturated rings. The zero-order valence-corrected chi connectivity index (χ0v) is 28.4. The Hall–Kier alpha value is -0.730. The standard InChI is InChI=1S/C34H66N2O5/c1-10-11-12-13-16-19-22-38-36-33(6,7)26-28(27-34(36,8)9)40-30(37)21-18-15-14-17-20-23-39-41-29-24-31(2,3)35-32(4,5)25-29/h28-29,35H,10-27H2,1-9H3. The van der Waals surface area contributed by atoms with E-state index in [-0.39, 0.29) is 40.3 Å². The van der Waals surface area contributed by atoms with Crippen molar-refractivity contribution in [1.82, 2.24) is 10.4 Å². The van der Waals surface area contributed by atoms with E-state index in [1.54, 1.807) is 0 Å². The van der Waals surface area contributed by atoms with Crippen LogP contribution in [0.4, 0.5) is 0 Å². The summed E-state index contributed by atoms with van der Waals surface area (Å²) in [5, 5.41) is 5.85. The fraction of sp³-hybridized carbons (Fsp3) is 0.971. The van der Waals surface area contributed by atoms with Gasteiger partial charge in [-0.3, -0.25) is 9.63 Å². The highest BCUT2D eigenvalue weighted by molar-refractivity contribution is 5.69. The van der Waals surface area contributed by atoms with E-state index in [1.165, 1.54) is 32.1 Å². The van der Waals surface area contributed by atoms with E-state index in [0.29, 0.717) is 13.0 Å². The molecule has 0 aromatic heterocycles. The summed E-state index contributed by atoms with van der Waals surface area (Å²) in [6, 6.07) is 0. The van der Waals surface area contributed by atoms with Crippen LogP contribution in [0.3, 0.4) is 0 Å². The summed E-state index contributed by atoms with van der Waals surface area (Å²) in [6.07, 6.45) is 16.7. The number of hydrogen-bond acceptors (Lipinski definition) is 7. The van der Waals surface area contributed by atoms with Gasteiger partial charge in [0.05, 0.1) is 19.3 Å². The summed E-state index contributed by atoms with van der Waals surface area (Å²) in [6.45, 7) is 21.3. The average molecular weight is 583 g/mol. The quantitative estimate of drug-likeness (QED) is 0.0709. The van der Waals surface area contributed by atoms with Gasteiger partial charge in [0.25, 0.3) is 0 Å². The Kier molecular flexibility index (Phi) is 15.1. The van der Waals surface area contributed by atoms with Crippen LogP contribution in [0.1, 0.15) is 165 Å². The molecule has 242 valence electrons. The molecular formula is C34H66N2O5. The fourth-order valence-electron chi connectivity index (χ4n) is 7.29. The first-order chi connectivity index (χ1) is 19.2. The maximum Gasteiger partial charge on any atom is 0.306 e. The van der Waals surface area contributed by atoms with Crippen LogP contribution in [0.15, 0.2) is 0 Å². The van der Waals surface area contributed by atoms with Crippen LogP contribution in [-0.2, 0) is 24.1 Å². The molecule has 0 amide bonds. The number of ether oxygens (including phenoxy) is 1. The molecule has 2 saturated heterocycles. The van der Waals surface area contributed by atoms with E-state index in [2.05, 4.69) is 72.7 Å². The number of carbonyl (C=O) groups is 1. The third-order valence-corrected chi connectivity index (χ3v) is 8.54. The van der Waals surface area contributed by atoms with Gasteiger partial charge in [-0.25, -0.2) is 9.78 Å². The minimum Gasteiger partial charge on any atom is -0.462 e. The molecule has 2 rings (SSSR count). The van der Waals surface area contributed by atoms with Gasteiger partial charge in [0, 0.05) is 41.4 Å². The van der Waals surface area contributed by atoms with Gasteiger partial charge in [0.2, 0.25) is 0 Å². The average Bonchev–Trinajstić information content (AvgIpc) is 2.81. The summed E-state index contributed by atoms with van der Waals surface area (Å²) in [7, 11) is 0. The van der Waals surface area contributed by atoms with Crippen LogP contribution in [0.2, 0.25) is 0 Å². The maximum atomic E-state index is 12.6. The Morgan fingerprint density at radius 3 is 1.78 bits per heavy atom. The molecule has 0 bridgehead atoms. The number of piperidine rings is 2. The van der Waals surface area contributed by atoms with Crippen molar-refractivity contribution in [2.75, 3.05) is 13.2 Å². The third kappa shape index (κ3) is 14.1. The van der Waals surface area contributed by atoms with Crippen LogP contribution in [0.5, 0.6) is 0 Å². The molecule has 41 heavy (non-hydrogen) atoms. The van der Waals surface area contributed by atoms with Crippen molar-refractivity contribution in [3.05, 3.63) is 0 Å². The molecule has 1 N–H and O–H groups in total. The van der Waals surface area contributed by atoms with Crippen LogP contribution in [0, 0.1) is 0 Å². The molecule has 7 heteroatoms. The van der Waals surface area contributed by atoms with Gasteiger partial charge >= 0.3 is 5.97 Å². The Balaban J connectivity index is 1.55. The molecule has 0 aromatic carbocycles. The predicted molar refractivity (Wildman–Crippen MR) is 167 cm³/mol. The SMILES string of the molecule is CCCCCCCCON1C(C)(C)CC(OC(=O)CCCCCCCOOC2CC(C)(C)NC(C)(C)C2)CC1(C)C. The monoisotopic (exact) mass is 582 g/mol. The lowest BCUT2D eigenvalue weighted by molar-refractivity contribution is -0.334. The number of nitrogens with zero attached hydrogens (tertiary/aromatic N) is 1. The second-order valence-corrected chi connectivity index (χ2v) is 15.4. The van der Waals surface area contributed by atoms with Crippen LogP contribution >= 0.6 is 0 Å². The molecule has 0 unspecified atom stereocenters. The first-order valence-corrected chi connectivity index (χ1v) is 16.9. The molecule has 0 saturated carbocycles. The van der Waals surface area contributed by atoms with Crippen molar-refractivity contribution < 1.29 is 24.1 Å². The second kappa shape index (κ2) is 16.9. The van der Waals surface area contributed by atoms with Crippen molar-refractivity contribution in [1.29, 1.82) is 0 Å². The summed E-state index contributed by atoms with van der Waals surface area (Å²) in [5.41, 5.74) is -0.244. The molecule has 2 aliphatic heterocycles. The van der Waals surface area contributed by atoms with Crippen molar-refractivity contribution >= 4 is 5.97 Å². The van der Waals surface area contributed by atoms with E-state index >= 15 is 0 Å². The zero-order valence-electron chi connectivity index (χ0n) is 28.4. The lowest BCUT2D eigenvalue weighted by Crippen LogP contribution is -2.62. The number of hydrogen-bond donors (Lipinski definition) is 1. The maximum absolute atomic E-state index is 12.6. The molecule has 0 atom stereocenters. The van der Waals surface area contributed by atoms with Gasteiger partial charge in [-0.05, 0) is 87.5 Å². The molecule has 7 nitrogen and oxygen atoms in total. The minimum absolute atomic E-state index is 0.0576. The first kappa shape index (κ1) is 36.5. The third-order valence-electron chi connectivity index (χ3n) is 8.54. The van der Waals surface area contributed by atoms with E-state index in [9.17, 15) is 4.79 Å². The van der Waals surface area contributed by atoms with Gasteiger partial charge in [-0.15, -0.1) is 0 Å². The van der Waals surface area contributed by atoms with Crippen molar-refractivity contribution in [2.45, 2.75) is 199 Å². The molecule has 2 heterocycles. The van der Waals surface area contributed by atoms with Gasteiger partial charge in [0.15, 0.2) is 0 Å². The highest BCUT2D eigenvalue weighted by atomic mass is 17.2. The van der Waals surface area contributed by atoms with E-state index < -0.39 is 0 Å². The highest BCUT2D eigenvalue weighted by Gasteiger charge is 2.47. The predicted octanol–water partition coefficient (Wildman–Crippen LogP) is 8.44. The topological polar surface area (TPSA) is 69.3 Å². The summed E-state index contributed by atoms with van der Waals surface area (Å²) in [4.78, 5) is 30.3. The Labute approximate surface area is 253 Å².